The molecule has 1 radical (unpaired) electrons. The van der Waals surface area contributed by atoms with Gasteiger partial charge in [0.1, 0.15) is 0 Å². The van der Waals surface area contributed by atoms with Crippen LogP contribution < -0.4 is 17.0 Å². The molecular formula is C2H5CuN7O. The van der Waals surface area contributed by atoms with Crippen LogP contribution in [0.15, 0.2) is 5.29 Å². The minimum Gasteiger partial charge on any atom is -0.366 e. The van der Waals surface area contributed by atoms with Gasteiger partial charge in [-0.25, -0.2) is 5.43 Å². The molecule has 0 spiro atoms. The average molecular weight is 207 g/mol. The Morgan fingerprint density at radius 1 is 1.55 bits per heavy atom. The molecule has 0 saturated heterocycles. The average Bonchev–Trinajstić information content (AvgIpc) is 2.20. The number of nitroso groups, excluding NO2 is 1. The van der Waals surface area contributed by atoms with Gasteiger partial charge >= 0.3 is 0 Å². The van der Waals surface area contributed by atoms with Gasteiger partial charge in [0.15, 0.2) is 0 Å². The molecule has 5 N–H and O–H groups in total. The number of anilines is 2. The van der Waals surface area contributed by atoms with Gasteiger partial charge in [0.05, 0.1) is 5.29 Å². The van der Waals surface area contributed by atoms with Crippen LogP contribution in [-0.2, 0) is 17.1 Å². The van der Waals surface area contributed by atoms with Crippen LogP contribution in [0, 0.1) is 4.91 Å². The summed E-state index contributed by atoms with van der Waals surface area (Å²) in [6.07, 6.45) is 0. The molecule has 11 heavy (non-hydrogen) atoms. The fraction of sp³-hybridized carbons (Fsp3) is 0. The van der Waals surface area contributed by atoms with Crippen LogP contribution in [0.3, 0.4) is 0 Å². The number of hydrogen-bond acceptors (Lipinski definition) is 6. The van der Waals surface area contributed by atoms with Crippen LogP contribution in [-0.4, -0.2) is 14.9 Å². The Labute approximate surface area is 71.7 Å². The number of nitrogens with zero attached hydrogens (tertiary/aromatic N) is 4. The summed E-state index contributed by atoms with van der Waals surface area (Å²) in [7, 11) is 0. The monoisotopic (exact) mass is 206 g/mol. The molecule has 0 aliphatic rings. The summed E-state index contributed by atoms with van der Waals surface area (Å²) < 4.78 is 0.904. The van der Waals surface area contributed by atoms with Gasteiger partial charge in [-0.2, -0.15) is 4.68 Å². The Hall–Kier alpha value is -1.34. The molecule has 1 heterocycles. The maximum Gasteiger partial charge on any atom is 0.267 e. The summed E-state index contributed by atoms with van der Waals surface area (Å²) in [5.74, 6) is 5.21. The van der Waals surface area contributed by atoms with E-state index in [9.17, 15) is 4.91 Å². The molecule has 0 bridgehead atoms. The van der Waals surface area contributed by atoms with E-state index in [-0.39, 0.29) is 29.0 Å². The third-order valence-electron chi connectivity index (χ3n) is 0.868. The Kier molecular flexibility index (Phi) is 3.28. The molecule has 0 saturated carbocycles. The van der Waals surface area contributed by atoms with Crippen molar-refractivity contribution < 1.29 is 17.1 Å². The van der Waals surface area contributed by atoms with Crippen LogP contribution in [0.1, 0.15) is 0 Å². The molecular weight excluding hydrogens is 202 g/mol. The molecule has 8 nitrogen and oxygen atoms in total. The van der Waals surface area contributed by atoms with Crippen LogP contribution >= 0.6 is 0 Å². The van der Waals surface area contributed by atoms with E-state index in [2.05, 4.69) is 15.5 Å². The second-order valence-corrected chi connectivity index (χ2v) is 1.45. The zero-order valence-electron chi connectivity index (χ0n) is 5.15. The van der Waals surface area contributed by atoms with Gasteiger partial charge in [-0.3, -0.25) is 0 Å². The van der Waals surface area contributed by atoms with Gasteiger partial charge in [0.2, 0.25) is 5.95 Å². The van der Waals surface area contributed by atoms with Crippen molar-refractivity contribution in [1.82, 2.24) is 14.9 Å². The molecule has 0 amide bonds. The van der Waals surface area contributed by atoms with E-state index in [1.54, 1.807) is 0 Å². The summed E-state index contributed by atoms with van der Waals surface area (Å²) >= 11 is 0. The second-order valence-electron chi connectivity index (χ2n) is 1.45. The van der Waals surface area contributed by atoms with E-state index in [0.717, 1.165) is 4.68 Å². The van der Waals surface area contributed by atoms with Gasteiger partial charge in [0, 0.05) is 17.1 Å². The Balaban J connectivity index is 0.000001000. The minimum absolute atomic E-state index is 0. The van der Waals surface area contributed by atoms with Crippen molar-refractivity contribution in [3.63, 3.8) is 0 Å². The van der Waals surface area contributed by atoms with Crippen molar-refractivity contribution >= 4 is 11.9 Å². The first-order valence-corrected chi connectivity index (χ1v) is 2.30. The standard InChI is InChI=1S/C2H5N7O.Cu/c3-1-5-6-2(7-8-10)9(1)4;/h4H2,(H2,3,5)(H,6,7,10);. The Bertz CT molecular complexity index is 245. The normalized spacial score (nSPS) is 8.36. The second kappa shape index (κ2) is 3.74. The van der Waals surface area contributed by atoms with Gasteiger partial charge in [-0.05, 0) is 0 Å². The van der Waals surface area contributed by atoms with E-state index in [0.29, 0.717) is 0 Å². The summed E-state index contributed by atoms with van der Waals surface area (Å²) in [5.41, 5.74) is 7.10. The van der Waals surface area contributed by atoms with Crippen LogP contribution in [0.5, 0.6) is 0 Å². The molecule has 65 valence electrons. The van der Waals surface area contributed by atoms with Gasteiger partial charge in [-0.15, -0.1) is 15.1 Å². The van der Waals surface area contributed by atoms with E-state index in [4.69, 9.17) is 11.6 Å². The molecule has 0 aliphatic heterocycles. The molecule has 0 aliphatic carbocycles. The fourth-order valence-corrected chi connectivity index (χ4v) is 0.421. The molecule has 0 aromatic carbocycles. The smallest absolute Gasteiger partial charge is 0.267 e. The first-order chi connectivity index (χ1) is 4.75. The molecule has 1 aromatic rings. The fourth-order valence-electron chi connectivity index (χ4n) is 0.421. The van der Waals surface area contributed by atoms with Crippen molar-refractivity contribution in [2.75, 3.05) is 17.0 Å². The number of nitrogens with one attached hydrogen (secondary N) is 1. The summed E-state index contributed by atoms with van der Waals surface area (Å²) in [6.45, 7) is 0. The topological polar surface area (TPSA) is 124 Å². The van der Waals surface area contributed by atoms with Crippen molar-refractivity contribution in [2.24, 2.45) is 5.29 Å². The molecule has 1 aromatic heterocycles. The largest absolute Gasteiger partial charge is 0.366 e. The number of hydrogen-bond donors (Lipinski definition) is 3. The SMILES string of the molecule is Nc1nnc(NN=O)n1N.[Cu]. The summed E-state index contributed by atoms with van der Waals surface area (Å²) in [6, 6.07) is 0. The predicted molar refractivity (Wildman–Crippen MR) is 34.0 cm³/mol. The van der Waals surface area contributed by atoms with Gasteiger partial charge in [0.25, 0.3) is 5.95 Å². The third kappa shape index (κ3) is 1.79. The molecule has 0 unspecified atom stereocenters. The van der Waals surface area contributed by atoms with E-state index in [1.165, 1.54) is 0 Å². The van der Waals surface area contributed by atoms with E-state index < -0.39 is 0 Å². The van der Waals surface area contributed by atoms with E-state index in [1.807, 2.05) is 5.43 Å². The first kappa shape index (κ1) is 9.66. The predicted octanol–water partition coefficient (Wildman–Crippen LogP) is -1.34. The molecule has 9 heteroatoms. The molecule has 0 fully saturated rings. The van der Waals surface area contributed by atoms with Crippen LogP contribution in [0.4, 0.5) is 11.9 Å². The van der Waals surface area contributed by atoms with Crippen LogP contribution in [0.2, 0.25) is 0 Å². The molecule has 0 atom stereocenters. The van der Waals surface area contributed by atoms with E-state index >= 15 is 0 Å². The van der Waals surface area contributed by atoms with Crippen molar-refractivity contribution in [1.29, 1.82) is 0 Å². The third-order valence-corrected chi connectivity index (χ3v) is 0.868. The number of aromatic nitrogens is 3. The van der Waals surface area contributed by atoms with Crippen LogP contribution in [0.25, 0.3) is 0 Å². The first-order valence-electron chi connectivity index (χ1n) is 2.30. The quantitative estimate of drug-likeness (QED) is 0.238. The Morgan fingerprint density at radius 2 is 2.18 bits per heavy atom. The zero-order valence-corrected chi connectivity index (χ0v) is 6.09. The van der Waals surface area contributed by atoms with Crippen molar-refractivity contribution in [2.45, 2.75) is 0 Å². The Morgan fingerprint density at radius 3 is 2.55 bits per heavy atom. The summed E-state index contributed by atoms with van der Waals surface area (Å²) in [5, 5.41) is 9.02. The molecule has 1 rings (SSSR count). The number of rotatable bonds is 2. The van der Waals surface area contributed by atoms with Gasteiger partial charge in [-0.1, -0.05) is 0 Å². The number of nitrogen functional groups attached to an aromatic ring is 2. The van der Waals surface area contributed by atoms with Crippen molar-refractivity contribution in [3.05, 3.63) is 4.91 Å². The number of nitrogens with two attached hydrogens (primary N) is 2. The van der Waals surface area contributed by atoms with Crippen molar-refractivity contribution in [3.8, 4) is 0 Å². The maximum atomic E-state index is 9.60. The minimum atomic E-state index is 0. The summed E-state index contributed by atoms with van der Waals surface area (Å²) in [4.78, 5) is 9.60. The zero-order chi connectivity index (χ0) is 7.56. The maximum absolute atomic E-state index is 9.60. The van der Waals surface area contributed by atoms with Gasteiger partial charge < -0.3 is 11.6 Å².